The summed E-state index contributed by atoms with van der Waals surface area (Å²) in [4.78, 5) is 7.01. The van der Waals surface area contributed by atoms with Crippen molar-refractivity contribution in [3.05, 3.63) is 53.9 Å². The quantitative estimate of drug-likeness (QED) is 0.726. The predicted molar refractivity (Wildman–Crippen MR) is 97.4 cm³/mol. The maximum atomic E-state index is 5.93. The van der Waals surface area contributed by atoms with Crippen molar-refractivity contribution in [3.8, 4) is 0 Å². The van der Waals surface area contributed by atoms with Crippen molar-refractivity contribution < 1.29 is 4.42 Å². The highest BCUT2D eigenvalue weighted by molar-refractivity contribution is 5.78. The summed E-state index contributed by atoms with van der Waals surface area (Å²) in [5.41, 5.74) is 2.20. The molecule has 0 unspecified atom stereocenters. The van der Waals surface area contributed by atoms with Crippen molar-refractivity contribution >= 4 is 10.9 Å². The molecule has 1 fully saturated rings. The van der Waals surface area contributed by atoms with Crippen LogP contribution in [-0.2, 0) is 12.0 Å². The van der Waals surface area contributed by atoms with E-state index in [9.17, 15) is 0 Å². The summed E-state index contributed by atoms with van der Waals surface area (Å²) in [7, 11) is 0. The Labute approximate surface area is 148 Å². The Balaban J connectivity index is 1.44. The normalized spacial score (nSPS) is 18.9. The summed E-state index contributed by atoms with van der Waals surface area (Å²) in [6.07, 6.45) is 3.05. The minimum Gasteiger partial charge on any atom is -0.424 e. The third kappa shape index (κ3) is 3.42. The molecule has 3 heterocycles. The molecule has 3 aromatic rings. The van der Waals surface area contributed by atoms with Crippen LogP contribution in [0, 0.1) is 0 Å². The third-order valence-electron chi connectivity index (χ3n) is 4.76. The molecule has 2 aromatic heterocycles. The number of rotatable bonds is 3. The first kappa shape index (κ1) is 16.2. The van der Waals surface area contributed by atoms with Crippen LogP contribution in [0.2, 0.25) is 0 Å². The van der Waals surface area contributed by atoms with Crippen LogP contribution in [0.25, 0.3) is 10.9 Å². The number of hydrogen-bond donors (Lipinski definition) is 0. The molecule has 1 aromatic carbocycles. The lowest BCUT2D eigenvalue weighted by atomic mass is 9.97. The zero-order valence-corrected chi connectivity index (χ0v) is 15.1. The second-order valence-electron chi connectivity index (χ2n) is 7.95. The van der Waals surface area contributed by atoms with Gasteiger partial charge in [-0.2, -0.15) is 0 Å². The number of aromatic nitrogens is 3. The zero-order chi connectivity index (χ0) is 17.4. The molecule has 4 rings (SSSR count). The van der Waals surface area contributed by atoms with E-state index in [0.717, 1.165) is 43.4 Å². The van der Waals surface area contributed by atoms with Gasteiger partial charge in [-0.25, -0.2) is 0 Å². The molecule has 1 aliphatic rings. The lowest BCUT2D eigenvalue weighted by molar-refractivity contribution is 0.313. The van der Waals surface area contributed by atoms with E-state index in [1.807, 2.05) is 18.3 Å². The number of pyridine rings is 1. The Bertz CT molecular complexity index is 881. The summed E-state index contributed by atoms with van der Waals surface area (Å²) in [6.45, 7) is 9.20. The van der Waals surface area contributed by atoms with Gasteiger partial charge in [0, 0.05) is 30.1 Å². The Kier molecular flexibility index (Phi) is 4.04. The van der Waals surface area contributed by atoms with Crippen molar-refractivity contribution in [1.29, 1.82) is 0 Å². The molecule has 0 bridgehead atoms. The molecule has 1 saturated heterocycles. The Morgan fingerprint density at radius 1 is 1.20 bits per heavy atom. The number of likely N-dealkylation sites (tertiary alicyclic amines) is 1. The van der Waals surface area contributed by atoms with Crippen LogP contribution >= 0.6 is 0 Å². The van der Waals surface area contributed by atoms with Gasteiger partial charge in [0.2, 0.25) is 11.8 Å². The van der Waals surface area contributed by atoms with Gasteiger partial charge in [-0.1, -0.05) is 39.0 Å². The summed E-state index contributed by atoms with van der Waals surface area (Å²) in [5, 5.41) is 9.72. The molecule has 0 N–H and O–H groups in total. The molecular formula is C20H24N4O. The van der Waals surface area contributed by atoms with E-state index in [1.165, 1.54) is 10.9 Å². The standard InChI is InChI=1S/C20H24N4O/c1-20(2,3)19-23-22-18(25-19)16-8-9-24(13-16)12-14-10-15-6-4-5-7-17(15)21-11-14/h4-7,10-11,16H,8-9,12-13H2,1-3H3/t16-/m0/s1. The monoisotopic (exact) mass is 336 g/mol. The van der Waals surface area contributed by atoms with Crippen molar-refractivity contribution in [1.82, 2.24) is 20.1 Å². The van der Waals surface area contributed by atoms with Crippen LogP contribution in [0.5, 0.6) is 0 Å². The highest BCUT2D eigenvalue weighted by Gasteiger charge is 2.30. The summed E-state index contributed by atoms with van der Waals surface area (Å²) in [6, 6.07) is 10.5. The fourth-order valence-electron chi connectivity index (χ4n) is 3.34. The first-order valence-corrected chi connectivity index (χ1v) is 8.89. The van der Waals surface area contributed by atoms with E-state index in [4.69, 9.17) is 4.42 Å². The van der Waals surface area contributed by atoms with Gasteiger partial charge in [0.1, 0.15) is 0 Å². The molecule has 0 saturated carbocycles. The van der Waals surface area contributed by atoms with Gasteiger partial charge in [-0.05, 0) is 30.7 Å². The van der Waals surface area contributed by atoms with Crippen LogP contribution in [0.15, 0.2) is 40.9 Å². The summed E-state index contributed by atoms with van der Waals surface area (Å²) >= 11 is 0. The van der Waals surface area contributed by atoms with Crippen molar-refractivity contribution in [2.24, 2.45) is 0 Å². The topological polar surface area (TPSA) is 55.1 Å². The largest absolute Gasteiger partial charge is 0.424 e. The van der Waals surface area contributed by atoms with Gasteiger partial charge in [0.05, 0.1) is 11.4 Å². The Morgan fingerprint density at radius 2 is 2.04 bits per heavy atom. The van der Waals surface area contributed by atoms with Crippen LogP contribution in [-0.4, -0.2) is 33.2 Å². The van der Waals surface area contributed by atoms with E-state index in [-0.39, 0.29) is 5.41 Å². The average Bonchev–Trinajstić information content (AvgIpc) is 3.23. The highest BCUT2D eigenvalue weighted by Crippen LogP contribution is 2.30. The molecule has 0 amide bonds. The van der Waals surface area contributed by atoms with Crippen molar-refractivity contribution in [2.45, 2.75) is 45.1 Å². The van der Waals surface area contributed by atoms with E-state index in [2.05, 4.69) is 59.1 Å². The summed E-state index contributed by atoms with van der Waals surface area (Å²) in [5.74, 6) is 1.83. The highest BCUT2D eigenvalue weighted by atomic mass is 16.4. The van der Waals surface area contributed by atoms with E-state index in [1.54, 1.807) is 0 Å². The van der Waals surface area contributed by atoms with Gasteiger partial charge in [0.15, 0.2) is 0 Å². The molecule has 0 spiro atoms. The molecule has 130 valence electrons. The molecule has 0 aliphatic carbocycles. The van der Waals surface area contributed by atoms with Gasteiger partial charge in [-0.15, -0.1) is 10.2 Å². The van der Waals surface area contributed by atoms with Crippen LogP contribution in [0.4, 0.5) is 0 Å². The fraction of sp³-hybridized carbons (Fsp3) is 0.450. The van der Waals surface area contributed by atoms with Crippen molar-refractivity contribution in [3.63, 3.8) is 0 Å². The molecule has 5 heteroatoms. The number of hydrogen-bond acceptors (Lipinski definition) is 5. The molecule has 5 nitrogen and oxygen atoms in total. The Morgan fingerprint density at radius 3 is 2.84 bits per heavy atom. The number of para-hydroxylation sites is 1. The smallest absolute Gasteiger partial charge is 0.221 e. The third-order valence-corrected chi connectivity index (χ3v) is 4.76. The lowest BCUT2D eigenvalue weighted by Crippen LogP contribution is -2.20. The molecule has 0 radical (unpaired) electrons. The van der Waals surface area contributed by atoms with Crippen LogP contribution in [0.3, 0.4) is 0 Å². The van der Waals surface area contributed by atoms with Crippen LogP contribution in [0.1, 0.15) is 50.5 Å². The predicted octanol–water partition coefficient (Wildman–Crippen LogP) is 3.90. The first-order valence-electron chi connectivity index (χ1n) is 8.89. The SMILES string of the molecule is CC(C)(C)c1nnc([C@H]2CCN(Cc3cnc4ccccc4c3)C2)o1. The van der Waals surface area contributed by atoms with E-state index < -0.39 is 0 Å². The molecule has 1 aliphatic heterocycles. The molecule has 1 atom stereocenters. The second kappa shape index (κ2) is 6.23. The van der Waals surface area contributed by atoms with E-state index in [0.29, 0.717) is 5.92 Å². The minimum atomic E-state index is -0.0969. The second-order valence-corrected chi connectivity index (χ2v) is 7.95. The fourth-order valence-corrected chi connectivity index (χ4v) is 3.34. The van der Waals surface area contributed by atoms with Gasteiger partial charge >= 0.3 is 0 Å². The molecular weight excluding hydrogens is 312 g/mol. The minimum absolute atomic E-state index is 0.0969. The van der Waals surface area contributed by atoms with Gasteiger partial charge < -0.3 is 4.42 Å². The maximum Gasteiger partial charge on any atom is 0.221 e. The lowest BCUT2D eigenvalue weighted by Gasteiger charge is -2.15. The first-order chi connectivity index (χ1) is 12.0. The zero-order valence-electron chi connectivity index (χ0n) is 15.1. The van der Waals surface area contributed by atoms with Gasteiger partial charge in [-0.3, -0.25) is 9.88 Å². The number of fused-ring (bicyclic) bond motifs is 1. The maximum absolute atomic E-state index is 5.93. The van der Waals surface area contributed by atoms with Gasteiger partial charge in [0.25, 0.3) is 0 Å². The van der Waals surface area contributed by atoms with Crippen molar-refractivity contribution in [2.75, 3.05) is 13.1 Å². The van der Waals surface area contributed by atoms with Crippen LogP contribution < -0.4 is 0 Å². The Hall–Kier alpha value is -2.27. The summed E-state index contributed by atoms with van der Waals surface area (Å²) < 4.78 is 5.93. The number of nitrogens with zero attached hydrogens (tertiary/aromatic N) is 4. The van der Waals surface area contributed by atoms with E-state index >= 15 is 0 Å². The molecule has 25 heavy (non-hydrogen) atoms. The number of benzene rings is 1. The average molecular weight is 336 g/mol.